The number of halogens is 1. The summed E-state index contributed by atoms with van der Waals surface area (Å²) in [6, 6.07) is 3.71. The number of nitrogens with zero attached hydrogens (tertiary/aromatic N) is 3. The van der Waals surface area contributed by atoms with Gasteiger partial charge in [0.1, 0.15) is 9.88 Å². The summed E-state index contributed by atoms with van der Waals surface area (Å²) in [7, 11) is 0. The summed E-state index contributed by atoms with van der Waals surface area (Å²) in [5, 5.41) is 7.74. The van der Waals surface area contributed by atoms with Crippen molar-refractivity contribution in [3.05, 3.63) is 39.3 Å². The van der Waals surface area contributed by atoms with E-state index in [0.29, 0.717) is 20.9 Å². The summed E-state index contributed by atoms with van der Waals surface area (Å²) in [6.07, 6.45) is 1.57. The van der Waals surface area contributed by atoms with Crippen LogP contribution in [-0.4, -0.2) is 21.0 Å². The molecule has 0 radical (unpaired) electrons. The SMILES string of the molecule is CC(C)(C)c1nc(C(C)(C)NC(=O)c2cnc(-c3ccc(Cl)s3)s2)no1. The van der Waals surface area contributed by atoms with Crippen molar-refractivity contribution >= 4 is 40.2 Å². The summed E-state index contributed by atoms with van der Waals surface area (Å²) >= 11 is 8.71. The number of amides is 1. The number of aromatic nitrogens is 3. The van der Waals surface area contributed by atoms with E-state index in [1.54, 1.807) is 6.20 Å². The average Bonchev–Trinajstić information content (AvgIpc) is 3.26. The Bertz CT molecular complexity index is 937. The normalized spacial score (nSPS) is 12.4. The van der Waals surface area contributed by atoms with E-state index < -0.39 is 5.54 Å². The Balaban J connectivity index is 1.76. The van der Waals surface area contributed by atoms with Crippen molar-refractivity contribution in [2.24, 2.45) is 0 Å². The zero-order valence-electron chi connectivity index (χ0n) is 15.1. The molecule has 0 fully saturated rings. The number of rotatable bonds is 4. The number of thiazole rings is 1. The van der Waals surface area contributed by atoms with Crippen molar-refractivity contribution in [3.63, 3.8) is 0 Å². The molecule has 0 aliphatic rings. The molecule has 0 saturated heterocycles. The van der Waals surface area contributed by atoms with E-state index in [1.807, 2.05) is 46.8 Å². The number of thiophene rings is 1. The van der Waals surface area contributed by atoms with Gasteiger partial charge in [-0.3, -0.25) is 4.79 Å². The molecule has 138 valence electrons. The predicted octanol–water partition coefficient (Wildman–Crippen LogP) is 4.87. The van der Waals surface area contributed by atoms with E-state index in [0.717, 1.165) is 9.88 Å². The lowest BCUT2D eigenvalue weighted by molar-refractivity contribution is 0.0911. The smallest absolute Gasteiger partial charge is 0.263 e. The molecule has 1 N–H and O–H groups in total. The third kappa shape index (κ3) is 3.97. The van der Waals surface area contributed by atoms with Crippen LogP contribution in [0.2, 0.25) is 4.34 Å². The van der Waals surface area contributed by atoms with Gasteiger partial charge in [0.15, 0.2) is 5.82 Å². The molecule has 1 amide bonds. The van der Waals surface area contributed by atoms with Crippen molar-refractivity contribution in [1.29, 1.82) is 0 Å². The summed E-state index contributed by atoms with van der Waals surface area (Å²) in [5.41, 5.74) is -1.03. The maximum Gasteiger partial charge on any atom is 0.263 e. The summed E-state index contributed by atoms with van der Waals surface area (Å²) in [5.74, 6) is 0.735. The quantitative estimate of drug-likeness (QED) is 0.663. The topological polar surface area (TPSA) is 80.9 Å². The second-order valence-electron chi connectivity index (χ2n) is 7.39. The Morgan fingerprint density at radius 3 is 2.50 bits per heavy atom. The van der Waals surface area contributed by atoms with E-state index >= 15 is 0 Å². The molecule has 3 heterocycles. The molecule has 9 heteroatoms. The van der Waals surface area contributed by atoms with Crippen LogP contribution in [0.4, 0.5) is 0 Å². The van der Waals surface area contributed by atoms with Crippen molar-refractivity contribution in [2.75, 3.05) is 0 Å². The van der Waals surface area contributed by atoms with Gasteiger partial charge in [0.05, 0.1) is 20.9 Å². The van der Waals surface area contributed by atoms with E-state index in [4.69, 9.17) is 16.1 Å². The van der Waals surface area contributed by atoms with Crippen LogP contribution in [0.5, 0.6) is 0 Å². The molecule has 0 bridgehead atoms. The molecule has 0 aromatic carbocycles. The van der Waals surface area contributed by atoms with Crippen LogP contribution in [0.1, 0.15) is 56.0 Å². The minimum atomic E-state index is -0.777. The molecule has 0 atom stereocenters. The average molecular weight is 411 g/mol. The second-order valence-corrected chi connectivity index (χ2v) is 10.1. The lowest BCUT2D eigenvalue weighted by Crippen LogP contribution is -2.41. The standard InChI is InChI=1S/C17H19ClN4O2S2/c1-16(2,3)15-20-14(22-24-15)17(4,5)21-12(23)10-8-19-13(26-10)9-6-7-11(18)25-9/h6-8H,1-5H3,(H,21,23). The fourth-order valence-electron chi connectivity index (χ4n) is 2.11. The summed E-state index contributed by atoms with van der Waals surface area (Å²) < 4.78 is 6.02. The van der Waals surface area contributed by atoms with Crippen LogP contribution < -0.4 is 5.32 Å². The maximum absolute atomic E-state index is 12.6. The molecule has 0 spiro atoms. The van der Waals surface area contributed by atoms with Crippen LogP contribution in [-0.2, 0) is 11.0 Å². The van der Waals surface area contributed by atoms with Crippen LogP contribution >= 0.6 is 34.3 Å². The predicted molar refractivity (Wildman–Crippen MR) is 104 cm³/mol. The van der Waals surface area contributed by atoms with Crippen LogP contribution in [0.25, 0.3) is 9.88 Å². The molecule has 3 rings (SSSR count). The van der Waals surface area contributed by atoms with Crippen molar-refractivity contribution in [2.45, 2.75) is 45.6 Å². The number of carbonyl (C=O) groups excluding carboxylic acids is 1. The highest BCUT2D eigenvalue weighted by atomic mass is 35.5. The molecule has 0 unspecified atom stereocenters. The van der Waals surface area contributed by atoms with Crippen molar-refractivity contribution in [3.8, 4) is 9.88 Å². The Morgan fingerprint density at radius 1 is 1.19 bits per heavy atom. The number of hydrogen-bond acceptors (Lipinski definition) is 7. The molecule has 0 aliphatic heterocycles. The fourth-order valence-corrected chi connectivity index (χ4v) is 4.02. The minimum absolute atomic E-state index is 0.233. The number of hydrogen-bond donors (Lipinski definition) is 1. The number of nitrogens with one attached hydrogen (secondary N) is 1. The Kier molecular flexibility index (Phi) is 4.94. The first-order chi connectivity index (χ1) is 12.1. The first-order valence-corrected chi connectivity index (χ1v) is 9.96. The fraction of sp³-hybridized carbons (Fsp3) is 0.412. The first kappa shape index (κ1) is 19.0. The van der Waals surface area contributed by atoms with Crippen LogP contribution in [0.3, 0.4) is 0 Å². The molecular weight excluding hydrogens is 392 g/mol. The second kappa shape index (κ2) is 6.75. The molecule has 3 aromatic rings. The largest absolute Gasteiger partial charge is 0.339 e. The van der Waals surface area contributed by atoms with E-state index in [9.17, 15) is 4.79 Å². The monoisotopic (exact) mass is 410 g/mol. The molecular formula is C17H19ClN4O2S2. The van der Waals surface area contributed by atoms with Gasteiger partial charge >= 0.3 is 0 Å². The zero-order valence-corrected chi connectivity index (χ0v) is 17.5. The lowest BCUT2D eigenvalue weighted by atomic mass is 9.97. The highest BCUT2D eigenvalue weighted by molar-refractivity contribution is 7.24. The van der Waals surface area contributed by atoms with Gasteiger partial charge in [-0.25, -0.2) is 4.98 Å². The Hall–Kier alpha value is -1.77. The van der Waals surface area contributed by atoms with Crippen molar-refractivity contribution < 1.29 is 9.32 Å². The Labute approximate surface area is 164 Å². The van der Waals surface area contributed by atoms with Gasteiger partial charge in [0, 0.05) is 5.41 Å². The molecule has 0 aliphatic carbocycles. The van der Waals surface area contributed by atoms with Crippen molar-refractivity contribution in [1.82, 2.24) is 20.4 Å². The van der Waals surface area contributed by atoms with Crippen LogP contribution in [0, 0.1) is 0 Å². The maximum atomic E-state index is 12.6. The third-order valence-corrected chi connectivity index (χ3v) is 5.96. The van der Waals surface area contributed by atoms with Crippen LogP contribution in [0.15, 0.2) is 22.9 Å². The minimum Gasteiger partial charge on any atom is -0.339 e. The summed E-state index contributed by atoms with van der Waals surface area (Å²) in [4.78, 5) is 22.8. The molecule has 3 aromatic heterocycles. The van der Waals surface area contributed by atoms with E-state index in [-0.39, 0.29) is 11.3 Å². The van der Waals surface area contributed by atoms with E-state index in [1.165, 1.54) is 22.7 Å². The van der Waals surface area contributed by atoms with Gasteiger partial charge in [0.25, 0.3) is 5.91 Å². The highest BCUT2D eigenvalue weighted by Crippen LogP contribution is 2.34. The zero-order chi connectivity index (χ0) is 19.1. The third-order valence-electron chi connectivity index (χ3n) is 3.57. The van der Waals surface area contributed by atoms with Gasteiger partial charge in [0.2, 0.25) is 5.89 Å². The van der Waals surface area contributed by atoms with Gasteiger partial charge < -0.3 is 9.84 Å². The Morgan fingerprint density at radius 2 is 1.92 bits per heavy atom. The molecule has 0 saturated carbocycles. The summed E-state index contributed by atoms with van der Waals surface area (Å²) in [6.45, 7) is 9.65. The van der Waals surface area contributed by atoms with Gasteiger partial charge in [-0.15, -0.1) is 22.7 Å². The van der Waals surface area contributed by atoms with Gasteiger partial charge in [-0.1, -0.05) is 37.5 Å². The van der Waals surface area contributed by atoms with E-state index in [2.05, 4.69) is 20.4 Å². The number of carbonyl (C=O) groups is 1. The lowest BCUT2D eigenvalue weighted by Gasteiger charge is -2.21. The van der Waals surface area contributed by atoms with Gasteiger partial charge in [-0.05, 0) is 26.0 Å². The highest BCUT2D eigenvalue weighted by Gasteiger charge is 2.32. The van der Waals surface area contributed by atoms with Gasteiger partial charge in [-0.2, -0.15) is 4.98 Å². The molecule has 6 nitrogen and oxygen atoms in total. The molecule has 26 heavy (non-hydrogen) atoms. The first-order valence-electron chi connectivity index (χ1n) is 7.95.